The molecule has 0 spiro atoms. The van der Waals surface area contributed by atoms with Crippen molar-refractivity contribution in [1.29, 1.82) is 0 Å². The molecule has 0 bridgehead atoms. The molecule has 2 aromatic rings. The van der Waals surface area contributed by atoms with Crippen LogP contribution in [0.15, 0.2) is 28.8 Å². The molecule has 2 heterocycles. The van der Waals surface area contributed by atoms with Gasteiger partial charge in [0, 0.05) is 12.1 Å². The molecule has 1 atom stereocenters. The number of amides is 2. The summed E-state index contributed by atoms with van der Waals surface area (Å²) in [5.74, 6) is 0.772. The monoisotopic (exact) mass is 300 g/mol. The first-order valence-electron chi connectivity index (χ1n) is 7.09. The highest BCUT2D eigenvalue weighted by molar-refractivity contribution is 5.99. The van der Waals surface area contributed by atoms with Crippen LogP contribution in [0.25, 0.3) is 0 Å². The molecule has 7 nitrogen and oxygen atoms in total. The van der Waals surface area contributed by atoms with E-state index in [9.17, 15) is 9.59 Å². The number of carbonyl (C=O) groups is 2. The molecule has 2 amide bonds. The zero-order valence-corrected chi connectivity index (χ0v) is 12.1. The highest BCUT2D eigenvalue weighted by atomic mass is 16.5. The van der Waals surface area contributed by atoms with E-state index in [1.54, 1.807) is 6.92 Å². The van der Waals surface area contributed by atoms with Gasteiger partial charge in [0.1, 0.15) is 6.04 Å². The van der Waals surface area contributed by atoms with Crippen LogP contribution in [0.4, 0.5) is 5.69 Å². The van der Waals surface area contributed by atoms with Gasteiger partial charge in [-0.05, 0) is 25.0 Å². The summed E-state index contributed by atoms with van der Waals surface area (Å²) < 4.78 is 5.11. The van der Waals surface area contributed by atoms with Gasteiger partial charge in [0.05, 0.1) is 6.42 Å². The molecular weight excluding hydrogens is 284 g/mol. The highest BCUT2D eigenvalue weighted by Crippen LogP contribution is 2.19. The van der Waals surface area contributed by atoms with Gasteiger partial charge in [0.25, 0.3) is 0 Å². The van der Waals surface area contributed by atoms with Gasteiger partial charge in [-0.25, -0.2) is 0 Å². The number of para-hydroxylation sites is 1. The molecule has 1 unspecified atom stereocenters. The maximum atomic E-state index is 12.2. The fourth-order valence-electron chi connectivity index (χ4n) is 2.40. The first-order valence-corrected chi connectivity index (χ1v) is 7.09. The Kier molecular flexibility index (Phi) is 3.86. The average molecular weight is 300 g/mol. The topological polar surface area (TPSA) is 97.1 Å². The molecule has 1 aliphatic heterocycles. The van der Waals surface area contributed by atoms with Crippen molar-refractivity contribution in [3.63, 3.8) is 0 Å². The normalized spacial score (nSPS) is 17.3. The number of rotatable bonds is 4. The van der Waals surface area contributed by atoms with E-state index < -0.39 is 6.04 Å². The first kappa shape index (κ1) is 14.2. The molecule has 114 valence electrons. The molecule has 0 saturated carbocycles. The minimum atomic E-state index is -0.466. The zero-order valence-electron chi connectivity index (χ0n) is 12.1. The van der Waals surface area contributed by atoms with Gasteiger partial charge in [-0.2, -0.15) is 4.98 Å². The van der Waals surface area contributed by atoms with Crippen LogP contribution in [-0.2, 0) is 16.0 Å². The van der Waals surface area contributed by atoms with Crippen molar-refractivity contribution in [3.8, 4) is 0 Å². The quantitative estimate of drug-likeness (QED) is 0.884. The van der Waals surface area contributed by atoms with Gasteiger partial charge >= 0.3 is 0 Å². The highest BCUT2D eigenvalue weighted by Gasteiger charge is 2.27. The molecule has 1 aliphatic rings. The summed E-state index contributed by atoms with van der Waals surface area (Å²) >= 11 is 0. The third kappa shape index (κ3) is 3.13. The van der Waals surface area contributed by atoms with Crippen LogP contribution in [0.2, 0.25) is 0 Å². The van der Waals surface area contributed by atoms with E-state index in [0.29, 0.717) is 36.7 Å². The second-order valence-electron chi connectivity index (χ2n) is 5.22. The van der Waals surface area contributed by atoms with E-state index in [-0.39, 0.29) is 11.8 Å². The number of carbonyl (C=O) groups excluding carboxylic acids is 2. The van der Waals surface area contributed by atoms with Gasteiger partial charge in [-0.1, -0.05) is 23.4 Å². The Morgan fingerprint density at radius 3 is 2.95 bits per heavy atom. The van der Waals surface area contributed by atoms with Crippen molar-refractivity contribution in [2.75, 3.05) is 5.32 Å². The van der Waals surface area contributed by atoms with Gasteiger partial charge < -0.3 is 15.2 Å². The number of hydrogen-bond donors (Lipinski definition) is 2. The Balaban J connectivity index is 1.73. The fraction of sp³-hybridized carbons (Fsp3) is 0.333. The molecular formula is C15H16N4O3. The Morgan fingerprint density at radius 2 is 2.27 bits per heavy atom. The van der Waals surface area contributed by atoms with E-state index in [4.69, 9.17) is 4.52 Å². The lowest BCUT2D eigenvalue weighted by Gasteiger charge is -2.13. The third-order valence-electron chi connectivity index (χ3n) is 3.50. The number of nitrogens with one attached hydrogen (secondary N) is 2. The number of hydrogen-bond acceptors (Lipinski definition) is 5. The van der Waals surface area contributed by atoms with Gasteiger partial charge in [-0.3, -0.25) is 9.59 Å². The molecule has 1 aromatic heterocycles. The van der Waals surface area contributed by atoms with Crippen molar-refractivity contribution >= 4 is 17.5 Å². The molecule has 0 radical (unpaired) electrons. The zero-order chi connectivity index (χ0) is 15.5. The summed E-state index contributed by atoms with van der Waals surface area (Å²) in [7, 11) is 0. The maximum absolute atomic E-state index is 12.2. The van der Waals surface area contributed by atoms with Crippen molar-refractivity contribution in [2.45, 2.75) is 32.2 Å². The third-order valence-corrected chi connectivity index (χ3v) is 3.50. The summed E-state index contributed by atoms with van der Waals surface area (Å²) in [5.41, 5.74) is 1.56. The van der Waals surface area contributed by atoms with Crippen LogP contribution in [0.1, 0.15) is 30.1 Å². The van der Waals surface area contributed by atoms with E-state index in [0.717, 1.165) is 5.56 Å². The Morgan fingerprint density at radius 1 is 1.45 bits per heavy atom. The summed E-state index contributed by atoms with van der Waals surface area (Å²) in [4.78, 5) is 27.6. The molecule has 1 saturated heterocycles. The lowest BCUT2D eigenvalue weighted by Crippen LogP contribution is -2.37. The molecule has 2 N–H and O–H groups in total. The average Bonchev–Trinajstić information content (AvgIpc) is 3.10. The van der Waals surface area contributed by atoms with Crippen LogP contribution < -0.4 is 10.6 Å². The van der Waals surface area contributed by atoms with E-state index in [1.807, 2.05) is 24.3 Å². The Bertz CT molecular complexity index is 710. The summed E-state index contributed by atoms with van der Waals surface area (Å²) in [6.07, 6.45) is 1.35. The molecule has 0 aliphatic carbocycles. The van der Waals surface area contributed by atoms with E-state index in [1.165, 1.54) is 0 Å². The van der Waals surface area contributed by atoms with E-state index >= 15 is 0 Å². The summed E-state index contributed by atoms with van der Waals surface area (Å²) in [5, 5.41) is 9.26. The number of anilines is 1. The van der Waals surface area contributed by atoms with Crippen LogP contribution in [0.5, 0.6) is 0 Å². The number of aromatic nitrogens is 2. The van der Waals surface area contributed by atoms with Crippen LogP contribution in [-0.4, -0.2) is 28.0 Å². The molecule has 1 aromatic carbocycles. The second kappa shape index (κ2) is 5.97. The van der Waals surface area contributed by atoms with Gasteiger partial charge in [0.15, 0.2) is 5.82 Å². The second-order valence-corrected chi connectivity index (χ2v) is 5.22. The standard InChI is InChI=1S/C15H16N4O3/c1-9-16-14(22-19-9)8-10-4-2-3-5-11(10)18-15(21)12-6-7-13(20)17-12/h2-5,12H,6-8H2,1H3,(H,17,20)(H,18,21). The molecule has 22 heavy (non-hydrogen) atoms. The minimum Gasteiger partial charge on any atom is -0.344 e. The van der Waals surface area contributed by atoms with Crippen LogP contribution in [0, 0.1) is 6.92 Å². The summed E-state index contributed by atoms with van der Waals surface area (Å²) in [6, 6.07) is 6.96. The maximum Gasteiger partial charge on any atom is 0.246 e. The lowest BCUT2D eigenvalue weighted by atomic mass is 10.1. The molecule has 7 heteroatoms. The SMILES string of the molecule is Cc1noc(Cc2ccccc2NC(=O)C2CCC(=O)N2)n1. The predicted octanol–water partition coefficient (Wildman–Crippen LogP) is 1.19. The predicted molar refractivity (Wildman–Crippen MR) is 78.1 cm³/mol. The first-order chi connectivity index (χ1) is 10.6. The van der Waals surface area contributed by atoms with Gasteiger partial charge in [0.2, 0.25) is 17.7 Å². The van der Waals surface area contributed by atoms with Crippen molar-refractivity contribution < 1.29 is 14.1 Å². The van der Waals surface area contributed by atoms with Gasteiger partial charge in [-0.15, -0.1) is 0 Å². The molecule has 1 fully saturated rings. The largest absolute Gasteiger partial charge is 0.344 e. The number of nitrogens with zero attached hydrogens (tertiary/aromatic N) is 2. The fourth-order valence-corrected chi connectivity index (χ4v) is 2.40. The van der Waals surface area contributed by atoms with Crippen LogP contribution >= 0.6 is 0 Å². The van der Waals surface area contributed by atoms with Crippen LogP contribution in [0.3, 0.4) is 0 Å². The van der Waals surface area contributed by atoms with Crippen molar-refractivity contribution in [2.24, 2.45) is 0 Å². The number of aryl methyl sites for hydroxylation is 1. The number of benzene rings is 1. The van der Waals surface area contributed by atoms with E-state index in [2.05, 4.69) is 20.8 Å². The Hall–Kier alpha value is -2.70. The lowest BCUT2D eigenvalue weighted by molar-refractivity contribution is -0.122. The summed E-state index contributed by atoms with van der Waals surface area (Å²) in [6.45, 7) is 1.75. The molecule has 3 rings (SSSR count). The van der Waals surface area contributed by atoms with Crippen molar-refractivity contribution in [1.82, 2.24) is 15.5 Å². The smallest absolute Gasteiger partial charge is 0.246 e. The minimum absolute atomic E-state index is 0.0882. The Labute approximate surface area is 127 Å². The van der Waals surface area contributed by atoms with Crippen molar-refractivity contribution in [3.05, 3.63) is 41.5 Å².